The summed E-state index contributed by atoms with van der Waals surface area (Å²) in [6.07, 6.45) is 6.62. The second-order valence-electron chi connectivity index (χ2n) is 4.48. The van der Waals surface area contributed by atoms with Crippen LogP contribution in [0.5, 0.6) is 0 Å². The maximum absolute atomic E-state index is 5.58. The Kier molecular flexibility index (Phi) is 3.07. The number of fused-ring (bicyclic) bond motifs is 1. The predicted molar refractivity (Wildman–Crippen MR) is 66.8 cm³/mol. The highest BCUT2D eigenvalue weighted by Gasteiger charge is 2.14. The third-order valence-corrected chi connectivity index (χ3v) is 3.25. The van der Waals surface area contributed by atoms with E-state index in [2.05, 4.69) is 21.4 Å². The Morgan fingerprint density at radius 2 is 2.53 bits per heavy atom. The predicted octanol–water partition coefficient (Wildman–Crippen LogP) is 1.83. The fourth-order valence-electron chi connectivity index (χ4n) is 2.33. The van der Waals surface area contributed by atoms with Crippen LogP contribution in [-0.2, 0) is 11.3 Å². The molecule has 4 heteroatoms. The first kappa shape index (κ1) is 10.7. The van der Waals surface area contributed by atoms with Gasteiger partial charge < -0.3 is 15.0 Å². The molecular formula is C13H17N3O. The van der Waals surface area contributed by atoms with Gasteiger partial charge >= 0.3 is 0 Å². The highest BCUT2D eigenvalue weighted by atomic mass is 16.5. The third kappa shape index (κ3) is 2.33. The normalized spacial score (nSPS) is 20.1. The number of rotatable bonds is 4. The Morgan fingerprint density at radius 1 is 1.53 bits per heavy atom. The fraction of sp³-hybridized carbons (Fsp3) is 0.462. The first-order chi connectivity index (χ1) is 8.43. The van der Waals surface area contributed by atoms with E-state index >= 15 is 0 Å². The molecule has 3 heterocycles. The van der Waals surface area contributed by atoms with E-state index in [1.807, 2.05) is 18.5 Å². The van der Waals surface area contributed by atoms with Crippen LogP contribution in [0.2, 0.25) is 0 Å². The molecule has 2 aromatic rings. The molecule has 1 aliphatic rings. The molecule has 0 amide bonds. The summed E-state index contributed by atoms with van der Waals surface area (Å²) >= 11 is 0. The lowest BCUT2D eigenvalue weighted by molar-refractivity contribution is 0.110. The lowest BCUT2D eigenvalue weighted by atomic mass is 10.2. The van der Waals surface area contributed by atoms with E-state index in [0.29, 0.717) is 6.10 Å². The molecule has 1 fully saturated rings. The maximum atomic E-state index is 5.58. The number of aromatic amines is 1. The second-order valence-corrected chi connectivity index (χ2v) is 4.48. The largest absolute Gasteiger partial charge is 0.377 e. The number of hydrogen-bond donors (Lipinski definition) is 2. The molecule has 1 aliphatic heterocycles. The van der Waals surface area contributed by atoms with Crippen molar-refractivity contribution >= 4 is 11.0 Å². The smallest absolute Gasteiger partial charge is 0.137 e. The quantitative estimate of drug-likeness (QED) is 0.844. The number of nitrogens with zero attached hydrogens (tertiary/aromatic N) is 1. The zero-order valence-electron chi connectivity index (χ0n) is 9.78. The average Bonchev–Trinajstić information content (AvgIpc) is 2.99. The SMILES string of the molecule is c1cnc2[nH]cc(CNCC3CCCO3)c2c1. The van der Waals surface area contributed by atoms with Crippen molar-refractivity contribution < 1.29 is 4.74 Å². The Labute approximate surface area is 100 Å². The van der Waals surface area contributed by atoms with Crippen molar-refractivity contribution in [1.29, 1.82) is 0 Å². The Hall–Kier alpha value is -1.39. The first-order valence-electron chi connectivity index (χ1n) is 6.17. The van der Waals surface area contributed by atoms with Gasteiger partial charge in [0.1, 0.15) is 5.65 Å². The summed E-state index contributed by atoms with van der Waals surface area (Å²) in [7, 11) is 0. The topological polar surface area (TPSA) is 49.9 Å². The molecule has 90 valence electrons. The van der Waals surface area contributed by atoms with Gasteiger partial charge in [-0.15, -0.1) is 0 Å². The van der Waals surface area contributed by atoms with Crippen LogP contribution in [0.15, 0.2) is 24.5 Å². The molecule has 0 bridgehead atoms. The fourth-order valence-corrected chi connectivity index (χ4v) is 2.33. The van der Waals surface area contributed by atoms with Gasteiger partial charge in [0, 0.05) is 37.5 Å². The standard InChI is InChI=1S/C13H17N3O/c1-4-12-10(8-16-13(12)15-5-1)7-14-9-11-3-2-6-17-11/h1,4-5,8,11,14H,2-3,6-7,9H2,(H,15,16). The van der Waals surface area contributed by atoms with Crippen molar-refractivity contribution in [3.8, 4) is 0 Å². The van der Waals surface area contributed by atoms with Gasteiger partial charge in [0.25, 0.3) is 0 Å². The van der Waals surface area contributed by atoms with Gasteiger partial charge in [0.15, 0.2) is 0 Å². The lowest BCUT2D eigenvalue weighted by Gasteiger charge is -2.09. The highest BCUT2D eigenvalue weighted by Crippen LogP contribution is 2.15. The zero-order chi connectivity index (χ0) is 11.5. The van der Waals surface area contributed by atoms with E-state index in [9.17, 15) is 0 Å². The molecule has 4 nitrogen and oxygen atoms in total. The minimum atomic E-state index is 0.401. The van der Waals surface area contributed by atoms with Gasteiger partial charge in [0.05, 0.1) is 6.10 Å². The summed E-state index contributed by atoms with van der Waals surface area (Å²) < 4.78 is 5.58. The van der Waals surface area contributed by atoms with Gasteiger partial charge in [0.2, 0.25) is 0 Å². The molecule has 0 saturated carbocycles. The number of nitrogens with one attached hydrogen (secondary N) is 2. The van der Waals surface area contributed by atoms with Gasteiger partial charge in [-0.05, 0) is 30.5 Å². The van der Waals surface area contributed by atoms with Crippen molar-refractivity contribution in [1.82, 2.24) is 15.3 Å². The molecule has 3 rings (SSSR count). The van der Waals surface area contributed by atoms with E-state index in [1.54, 1.807) is 0 Å². The molecule has 2 N–H and O–H groups in total. The number of ether oxygens (including phenoxy) is 1. The molecular weight excluding hydrogens is 214 g/mol. The molecule has 0 radical (unpaired) electrons. The minimum absolute atomic E-state index is 0.401. The summed E-state index contributed by atoms with van der Waals surface area (Å²) in [4.78, 5) is 7.46. The van der Waals surface area contributed by atoms with Gasteiger partial charge in [-0.2, -0.15) is 0 Å². The van der Waals surface area contributed by atoms with Gasteiger partial charge in [-0.3, -0.25) is 0 Å². The van der Waals surface area contributed by atoms with E-state index in [1.165, 1.54) is 23.8 Å². The molecule has 2 aromatic heterocycles. The number of H-pyrrole nitrogens is 1. The van der Waals surface area contributed by atoms with Crippen LogP contribution in [0.4, 0.5) is 0 Å². The van der Waals surface area contributed by atoms with Crippen LogP contribution in [0.1, 0.15) is 18.4 Å². The molecule has 1 saturated heterocycles. The van der Waals surface area contributed by atoms with E-state index in [4.69, 9.17) is 4.74 Å². The Bertz CT molecular complexity index is 488. The molecule has 0 aromatic carbocycles. The molecule has 0 spiro atoms. The van der Waals surface area contributed by atoms with Crippen LogP contribution in [0, 0.1) is 0 Å². The van der Waals surface area contributed by atoms with E-state index in [0.717, 1.165) is 25.3 Å². The van der Waals surface area contributed by atoms with Crippen molar-refractivity contribution in [2.45, 2.75) is 25.5 Å². The van der Waals surface area contributed by atoms with E-state index < -0.39 is 0 Å². The lowest BCUT2D eigenvalue weighted by Crippen LogP contribution is -2.25. The summed E-state index contributed by atoms with van der Waals surface area (Å²) in [5.41, 5.74) is 2.23. The molecule has 1 atom stereocenters. The van der Waals surface area contributed by atoms with Crippen molar-refractivity contribution in [3.63, 3.8) is 0 Å². The molecule has 17 heavy (non-hydrogen) atoms. The highest BCUT2D eigenvalue weighted by molar-refractivity contribution is 5.79. The number of pyridine rings is 1. The van der Waals surface area contributed by atoms with E-state index in [-0.39, 0.29) is 0 Å². The Balaban J connectivity index is 1.60. The minimum Gasteiger partial charge on any atom is -0.377 e. The summed E-state index contributed by atoms with van der Waals surface area (Å²) in [6, 6.07) is 4.07. The van der Waals surface area contributed by atoms with Crippen LogP contribution in [-0.4, -0.2) is 29.2 Å². The van der Waals surface area contributed by atoms with Crippen molar-refractivity contribution in [2.24, 2.45) is 0 Å². The molecule has 0 aliphatic carbocycles. The van der Waals surface area contributed by atoms with Crippen LogP contribution in [0.3, 0.4) is 0 Å². The Morgan fingerprint density at radius 3 is 3.41 bits per heavy atom. The van der Waals surface area contributed by atoms with Gasteiger partial charge in [-0.1, -0.05) is 0 Å². The maximum Gasteiger partial charge on any atom is 0.137 e. The second kappa shape index (κ2) is 4.85. The van der Waals surface area contributed by atoms with Crippen LogP contribution >= 0.6 is 0 Å². The first-order valence-corrected chi connectivity index (χ1v) is 6.17. The van der Waals surface area contributed by atoms with Crippen LogP contribution < -0.4 is 5.32 Å². The summed E-state index contributed by atoms with van der Waals surface area (Å²) in [5.74, 6) is 0. The number of aromatic nitrogens is 2. The average molecular weight is 231 g/mol. The van der Waals surface area contributed by atoms with Gasteiger partial charge in [-0.25, -0.2) is 4.98 Å². The zero-order valence-corrected chi connectivity index (χ0v) is 9.78. The molecule has 1 unspecified atom stereocenters. The van der Waals surface area contributed by atoms with Crippen molar-refractivity contribution in [3.05, 3.63) is 30.1 Å². The summed E-state index contributed by atoms with van der Waals surface area (Å²) in [5, 5.41) is 4.65. The van der Waals surface area contributed by atoms with Crippen LogP contribution in [0.25, 0.3) is 11.0 Å². The number of hydrogen-bond acceptors (Lipinski definition) is 3. The summed E-state index contributed by atoms with van der Waals surface area (Å²) in [6.45, 7) is 2.72. The third-order valence-electron chi connectivity index (χ3n) is 3.25. The monoisotopic (exact) mass is 231 g/mol. The van der Waals surface area contributed by atoms with Crippen molar-refractivity contribution in [2.75, 3.05) is 13.2 Å².